The van der Waals surface area contributed by atoms with Gasteiger partial charge < -0.3 is 10.1 Å². The highest BCUT2D eigenvalue weighted by Crippen LogP contribution is 2.21. The molecule has 1 aromatic heterocycles. The van der Waals surface area contributed by atoms with E-state index in [2.05, 4.69) is 10.3 Å². The minimum absolute atomic E-state index is 0.116. The summed E-state index contributed by atoms with van der Waals surface area (Å²) in [6.45, 7) is 0.404. The molecule has 0 fully saturated rings. The molecule has 0 aliphatic rings. The van der Waals surface area contributed by atoms with Crippen molar-refractivity contribution in [2.24, 2.45) is 0 Å². The van der Waals surface area contributed by atoms with E-state index in [0.717, 1.165) is 11.1 Å². The molecule has 21 heavy (non-hydrogen) atoms. The highest BCUT2D eigenvalue weighted by Gasteiger charge is 2.07. The van der Waals surface area contributed by atoms with Crippen molar-refractivity contribution in [2.45, 2.75) is 13.0 Å². The van der Waals surface area contributed by atoms with Gasteiger partial charge in [0.2, 0.25) is 11.8 Å². The molecule has 4 nitrogen and oxygen atoms in total. The minimum Gasteiger partial charge on any atom is -0.481 e. The summed E-state index contributed by atoms with van der Waals surface area (Å²) in [5.41, 5.74) is 1.64. The van der Waals surface area contributed by atoms with Crippen LogP contribution in [0.3, 0.4) is 0 Å². The summed E-state index contributed by atoms with van der Waals surface area (Å²) < 4.78 is 4.97. The van der Waals surface area contributed by atoms with Crippen molar-refractivity contribution < 1.29 is 9.53 Å². The fourth-order valence-electron chi connectivity index (χ4n) is 1.74. The first-order valence-corrected chi connectivity index (χ1v) is 7.03. The van der Waals surface area contributed by atoms with Crippen molar-refractivity contribution in [3.63, 3.8) is 0 Å². The number of ether oxygens (including phenoxy) is 1. The van der Waals surface area contributed by atoms with Crippen molar-refractivity contribution in [3.05, 3.63) is 57.7 Å². The number of pyridine rings is 1. The molecule has 0 radical (unpaired) electrons. The van der Waals surface area contributed by atoms with Crippen molar-refractivity contribution in [2.75, 3.05) is 7.11 Å². The Morgan fingerprint density at radius 1 is 1.29 bits per heavy atom. The van der Waals surface area contributed by atoms with Gasteiger partial charge in [0.25, 0.3) is 0 Å². The van der Waals surface area contributed by atoms with Crippen LogP contribution < -0.4 is 10.1 Å². The maximum absolute atomic E-state index is 11.9. The number of halogens is 2. The van der Waals surface area contributed by atoms with Crippen molar-refractivity contribution in [3.8, 4) is 5.88 Å². The molecular weight excluding hydrogens is 311 g/mol. The summed E-state index contributed by atoms with van der Waals surface area (Å²) in [7, 11) is 1.56. The summed E-state index contributed by atoms with van der Waals surface area (Å²) in [4.78, 5) is 16.0. The molecule has 0 spiro atoms. The van der Waals surface area contributed by atoms with Crippen LogP contribution in [0, 0.1) is 0 Å². The van der Waals surface area contributed by atoms with E-state index in [-0.39, 0.29) is 12.3 Å². The van der Waals surface area contributed by atoms with E-state index >= 15 is 0 Å². The fraction of sp³-hybridized carbons (Fsp3) is 0.200. The number of hydrogen-bond acceptors (Lipinski definition) is 3. The van der Waals surface area contributed by atoms with Crippen LogP contribution in [0.15, 0.2) is 36.5 Å². The number of benzene rings is 1. The first-order chi connectivity index (χ1) is 10.1. The molecule has 0 unspecified atom stereocenters. The molecule has 6 heteroatoms. The predicted molar refractivity (Wildman–Crippen MR) is 82.8 cm³/mol. The molecule has 2 aromatic rings. The average Bonchev–Trinajstić information content (AvgIpc) is 2.48. The Hall–Kier alpha value is -1.78. The van der Waals surface area contributed by atoms with Crippen molar-refractivity contribution >= 4 is 29.1 Å². The molecule has 110 valence electrons. The smallest absolute Gasteiger partial charge is 0.224 e. The van der Waals surface area contributed by atoms with Crippen molar-refractivity contribution in [1.29, 1.82) is 0 Å². The quantitative estimate of drug-likeness (QED) is 0.918. The zero-order valence-corrected chi connectivity index (χ0v) is 12.9. The number of nitrogens with one attached hydrogen (secondary N) is 1. The molecule has 1 N–H and O–H groups in total. The third-order valence-electron chi connectivity index (χ3n) is 2.86. The summed E-state index contributed by atoms with van der Waals surface area (Å²) in [5.74, 6) is 0.424. The van der Waals surface area contributed by atoms with E-state index in [1.54, 1.807) is 37.6 Å². The lowest BCUT2D eigenvalue weighted by molar-refractivity contribution is -0.120. The Morgan fingerprint density at radius 2 is 2.10 bits per heavy atom. The highest BCUT2D eigenvalue weighted by molar-refractivity contribution is 6.35. The fourth-order valence-corrected chi connectivity index (χ4v) is 2.21. The Kier molecular flexibility index (Phi) is 5.42. The zero-order chi connectivity index (χ0) is 15.2. The summed E-state index contributed by atoms with van der Waals surface area (Å²) in [5, 5.41) is 3.85. The lowest BCUT2D eigenvalue weighted by Gasteiger charge is -2.07. The van der Waals surface area contributed by atoms with Crippen molar-refractivity contribution in [1.82, 2.24) is 10.3 Å². The van der Waals surface area contributed by atoms with Gasteiger partial charge in [-0.25, -0.2) is 4.98 Å². The average molecular weight is 325 g/mol. The molecule has 1 aromatic carbocycles. The minimum atomic E-state index is -0.116. The summed E-state index contributed by atoms with van der Waals surface area (Å²) >= 11 is 11.9. The lowest BCUT2D eigenvalue weighted by atomic mass is 10.1. The number of rotatable bonds is 5. The van der Waals surface area contributed by atoms with Gasteiger partial charge in [0.1, 0.15) is 0 Å². The molecule has 0 atom stereocenters. The number of carbonyl (C=O) groups is 1. The number of hydrogen-bond donors (Lipinski definition) is 1. The van der Waals surface area contributed by atoms with Gasteiger partial charge in [0.05, 0.1) is 13.5 Å². The second-order valence-electron chi connectivity index (χ2n) is 4.40. The monoisotopic (exact) mass is 324 g/mol. The standard InChI is InChI=1S/C15H14Cl2N2O2/c1-21-15-5-2-10(9-19-15)8-18-14(20)6-11-3-4-12(16)7-13(11)17/h2-5,7,9H,6,8H2,1H3,(H,18,20). The third kappa shape index (κ3) is 4.62. The normalized spacial score (nSPS) is 10.2. The Balaban J connectivity index is 1.89. The SMILES string of the molecule is COc1ccc(CNC(=O)Cc2ccc(Cl)cc2Cl)cn1. The number of nitrogens with zero attached hydrogens (tertiary/aromatic N) is 1. The van der Waals surface area contributed by atoms with Crippen LogP contribution >= 0.6 is 23.2 Å². The maximum Gasteiger partial charge on any atom is 0.224 e. The largest absolute Gasteiger partial charge is 0.481 e. The van der Waals surface area contributed by atoms with Gasteiger partial charge in [0, 0.05) is 28.9 Å². The van der Waals surface area contributed by atoms with E-state index in [4.69, 9.17) is 27.9 Å². The van der Waals surface area contributed by atoms with Gasteiger partial charge in [-0.05, 0) is 23.3 Å². The van der Waals surface area contributed by atoms with E-state index in [9.17, 15) is 4.79 Å². The van der Waals surface area contributed by atoms with Crippen LogP contribution in [0.5, 0.6) is 5.88 Å². The Bertz CT molecular complexity index is 630. The van der Waals surface area contributed by atoms with Gasteiger partial charge in [-0.1, -0.05) is 35.3 Å². The Labute approximate surface area is 133 Å². The second kappa shape index (κ2) is 7.29. The van der Waals surface area contributed by atoms with Gasteiger partial charge in [-0.3, -0.25) is 4.79 Å². The predicted octanol–water partition coefficient (Wildman–Crippen LogP) is 3.26. The topological polar surface area (TPSA) is 51.2 Å². The Morgan fingerprint density at radius 3 is 2.71 bits per heavy atom. The van der Waals surface area contributed by atoms with Gasteiger partial charge in [0.15, 0.2) is 0 Å². The van der Waals surface area contributed by atoms with Crippen LogP contribution in [0.25, 0.3) is 0 Å². The van der Waals surface area contributed by atoms with E-state index < -0.39 is 0 Å². The van der Waals surface area contributed by atoms with Crippen LogP contribution in [0.1, 0.15) is 11.1 Å². The van der Waals surface area contributed by atoms with E-state index in [1.807, 2.05) is 6.07 Å². The third-order valence-corrected chi connectivity index (χ3v) is 3.45. The molecule has 0 saturated heterocycles. The van der Waals surface area contributed by atoms with Crippen LogP contribution in [-0.2, 0) is 17.8 Å². The van der Waals surface area contributed by atoms with Gasteiger partial charge in [-0.15, -0.1) is 0 Å². The summed E-state index contributed by atoms with van der Waals surface area (Å²) in [6, 6.07) is 8.68. The number of methoxy groups -OCH3 is 1. The molecular formula is C15H14Cl2N2O2. The molecule has 1 heterocycles. The molecule has 1 amide bonds. The molecule has 0 aliphatic carbocycles. The van der Waals surface area contributed by atoms with Gasteiger partial charge >= 0.3 is 0 Å². The first kappa shape index (κ1) is 15.6. The number of carbonyl (C=O) groups excluding carboxylic acids is 1. The highest BCUT2D eigenvalue weighted by atomic mass is 35.5. The van der Waals surface area contributed by atoms with Crippen LogP contribution in [-0.4, -0.2) is 18.0 Å². The maximum atomic E-state index is 11.9. The lowest BCUT2D eigenvalue weighted by Crippen LogP contribution is -2.24. The molecule has 0 saturated carbocycles. The second-order valence-corrected chi connectivity index (χ2v) is 5.24. The first-order valence-electron chi connectivity index (χ1n) is 6.28. The molecule has 0 bridgehead atoms. The molecule has 0 aliphatic heterocycles. The van der Waals surface area contributed by atoms with E-state index in [1.165, 1.54) is 0 Å². The number of aromatic nitrogens is 1. The summed E-state index contributed by atoms with van der Waals surface area (Å²) in [6.07, 6.45) is 1.87. The number of amides is 1. The van der Waals surface area contributed by atoms with Gasteiger partial charge in [-0.2, -0.15) is 0 Å². The van der Waals surface area contributed by atoms with Crippen LogP contribution in [0.2, 0.25) is 10.0 Å². The van der Waals surface area contributed by atoms with E-state index in [0.29, 0.717) is 22.5 Å². The zero-order valence-electron chi connectivity index (χ0n) is 11.4. The van der Waals surface area contributed by atoms with Crippen LogP contribution in [0.4, 0.5) is 0 Å². The molecule has 2 rings (SSSR count).